The molecule has 2 N–H and O–H groups in total. The molecule has 0 saturated carbocycles. The van der Waals surface area contributed by atoms with Crippen molar-refractivity contribution in [3.63, 3.8) is 0 Å². The highest BCUT2D eigenvalue weighted by Crippen LogP contribution is 2.30. The molecule has 0 saturated heterocycles. The molecule has 0 unspecified atom stereocenters. The van der Waals surface area contributed by atoms with E-state index in [2.05, 4.69) is 20.8 Å². The van der Waals surface area contributed by atoms with Crippen LogP contribution in [0.3, 0.4) is 0 Å². The summed E-state index contributed by atoms with van der Waals surface area (Å²) < 4.78 is 27.9. The van der Waals surface area contributed by atoms with Crippen LogP contribution in [-0.4, -0.2) is 43.3 Å². The number of aromatic nitrogens is 4. The molecule has 2 heterocycles. The van der Waals surface area contributed by atoms with Gasteiger partial charge < -0.3 is 10.6 Å². The van der Waals surface area contributed by atoms with Crippen LogP contribution in [0.2, 0.25) is 0 Å². The van der Waals surface area contributed by atoms with Crippen molar-refractivity contribution in [3.8, 4) is 0 Å². The van der Waals surface area contributed by atoms with Gasteiger partial charge in [0, 0.05) is 20.3 Å². The summed E-state index contributed by atoms with van der Waals surface area (Å²) in [6.45, 7) is 0.659. The summed E-state index contributed by atoms with van der Waals surface area (Å²) in [5.41, 5.74) is -1.96. The Morgan fingerprint density at radius 1 is 1.38 bits per heavy atom. The average Bonchev–Trinajstić information content (AvgIpc) is 3.07. The summed E-state index contributed by atoms with van der Waals surface area (Å²) in [6, 6.07) is 0. The molecule has 26 heavy (non-hydrogen) atoms. The molecule has 13 heteroatoms. The topological polar surface area (TPSA) is 137 Å². The Balaban J connectivity index is 2.25. The summed E-state index contributed by atoms with van der Waals surface area (Å²) in [6.07, 6.45) is -1.78. The van der Waals surface area contributed by atoms with E-state index in [1.165, 1.54) is 31.9 Å². The minimum absolute atomic E-state index is 0.0419. The Morgan fingerprint density at radius 3 is 2.54 bits per heavy atom. The van der Waals surface area contributed by atoms with Crippen LogP contribution < -0.4 is 10.6 Å². The van der Waals surface area contributed by atoms with Gasteiger partial charge in [-0.1, -0.05) is 0 Å². The second kappa shape index (κ2) is 7.25. The maximum absolute atomic E-state index is 12.9. The second-order valence-corrected chi connectivity index (χ2v) is 5.23. The molecule has 11 nitrogen and oxygen atoms in total. The zero-order valence-electron chi connectivity index (χ0n) is 14.0. The van der Waals surface area contributed by atoms with Crippen molar-refractivity contribution < 1.29 is 23.3 Å². The molecular weight excluding hydrogens is 356 g/mol. The Bertz CT molecular complexity index is 874. The normalized spacial score (nSPS) is 10.8. The molecule has 140 valence electrons. The molecule has 0 aliphatic carbocycles. The zero-order valence-corrected chi connectivity index (χ0v) is 14.0. The number of hydrogen-bond acceptors (Lipinski definition) is 6. The summed E-state index contributed by atoms with van der Waals surface area (Å²) in [5, 5.41) is 23.1. The molecular formula is C13H15F2N7O4. The third-order valence-electron chi connectivity index (χ3n) is 3.43. The molecule has 0 spiro atoms. The van der Waals surface area contributed by atoms with Crippen LogP contribution in [0.15, 0.2) is 6.20 Å². The van der Waals surface area contributed by atoms with Crippen molar-refractivity contribution in [2.45, 2.75) is 19.9 Å². The Labute approximate surface area is 145 Å². The van der Waals surface area contributed by atoms with Crippen molar-refractivity contribution in [1.29, 1.82) is 0 Å². The highest BCUT2D eigenvalue weighted by Gasteiger charge is 2.31. The van der Waals surface area contributed by atoms with E-state index in [0.29, 0.717) is 0 Å². The largest absolute Gasteiger partial charge is 0.354 e. The smallest absolute Gasteiger partial charge is 0.319 e. The number of carbonyl (C=O) groups is 2. The van der Waals surface area contributed by atoms with Crippen LogP contribution >= 0.6 is 0 Å². The van der Waals surface area contributed by atoms with Crippen molar-refractivity contribution >= 4 is 23.2 Å². The van der Waals surface area contributed by atoms with Crippen LogP contribution in [-0.2, 0) is 18.4 Å². The van der Waals surface area contributed by atoms with Gasteiger partial charge in [0.15, 0.2) is 5.69 Å². The fourth-order valence-electron chi connectivity index (χ4n) is 2.28. The van der Waals surface area contributed by atoms with E-state index < -0.39 is 41.1 Å². The van der Waals surface area contributed by atoms with Gasteiger partial charge in [-0.05, 0) is 6.92 Å². The van der Waals surface area contributed by atoms with Crippen molar-refractivity contribution in [2.24, 2.45) is 7.05 Å². The van der Waals surface area contributed by atoms with Crippen LogP contribution in [0.25, 0.3) is 0 Å². The van der Waals surface area contributed by atoms with Gasteiger partial charge >= 0.3 is 5.69 Å². The van der Waals surface area contributed by atoms with Crippen LogP contribution in [0.4, 0.5) is 20.2 Å². The molecule has 0 atom stereocenters. The number of rotatable bonds is 6. The first-order valence-electron chi connectivity index (χ1n) is 7.21. The first-order valence-corrected chi connectivity index (χ1v) is 7.21. The Hall–Kier alpha value is -3.38. The molecule has 0 aromatic carbocycles. The number of aryl methyl sites for hydroxylation is 1. The predicted molar refractivity (Wildman–Crippen MR) is 83.8 cm³/mol. The van der Waals surface area contributed by atoms with E-state index in [9.17, 15) is 28.5 Å². The summed E-state index contributed by atoms with van der Waals surface area (Å²) >= 11 is 0. The summed E-state index contributed by atoms with van der Waals surface area (Å²) in [4.78, 5) is 33.9. The minimum atomic E-state index is -3.16. The van der Waals surface area contributed by atoms with Gasteiger partial charge in [-0.2, -0.15) is 10.2 Å². The molecule has 2 amide bonds. The number of alkyl halides is 2. The van der Waals surface area contributed by atoms with E-state index in [0.717, 1.165) is 4.68 Å². The molecule has 0 radical (unpaired) electrons. The molecule has 0 aliphatic rings. The fourth-order valence-corrected chi connectivity index (χ4v) is 2.28. The van der Waals surface area contributed by atoms with E-state index in [-0.39, 0.29) is 17.1 Å². The lowest BCUT2D eigenvalue weighted by molar-refractivity contribution is -0.386. The van der Waals surface area contributed by atoms with Crippen LogP contribution in [0.1, 0.15) is 28.3 Å². The maximum atomic E-state index is 12.9. The number of nitrogens with one attached hydrogen (secondary N) is 2. The van der Waals surface area contributed by atoms with Gasteiger partial charge in [-0.25, -0.2) is 8.78 Å². The number of hydrogen-bond donors (Lipinski definition) is 2. The van der Waals surface area contributed by atoms with Gasteiger partial charge in [-0.15, -0.1) is 0 Å². The highest BCUT2D eigenvalue weighted by atomic mass is 19.3. The summed E-state index contributed by atoms with van der Waals surface area (Å²) in [7, 11) is 2.93. The lowest BCUT2D eigenvalue weighted by Crippen LogP contribution is -2.24. The predicted octanol–water partition coefficient (Wildman–Crippen LogP) is 0.769. The first kappa shape index (κ1) is 19.0. The van der Waals surface area contributed by atoms with Crippen LogP contribution in [0, 0.1) is 17.0 Å². The number of anilines is 1. The Morgan fingerprint density at radius 2 is 2.04 bits per heavy atom. The van der Waals surface area contributed by atoms with Gasteiger partial charge in [0.05, 0.1) is 10.6 Å². The van der Waals surface area contributed by atoms with Crippen molar-refractivity contribution in [2.75, 3.05) is 12.4 Å². The standard InChI is InChI=1S/C13H15F2N7O4/c1-6-11(22(25)26)10(12(14)15)19-21(6)5-8(23)17-7-4-20(3)18-9(7)13(24)16-2/h4,12H,5H2,1-3H3,(H,16,24)(H,17,23). The van der Waals surface area contributed by atoms with E-state index in [1.54, 1.807) is 0 Å². The van der Waals surface area contributed by atoms with Crippen LogP contribution in [0.5, 0.6) is 0 Å². The number of nitro groups is 1. The van der Waals surface area contributed by atoms with Gasteiger partial charge in [-0.3, -0.25) is 29.1 Å². The lowest BCUT2D eigenvalue weighted by Gasteiger charge is -2.06. The van der Waals surface area contributed by atoms with E-state index in [1.807, 2.05) is 0 Å². The molecule has 0 bridgehead atoms. The fraction of sp³-hybridized carbons (Fsp3) is 0.385. The number of nitrogens with zero attached hydrogens (tertiary/aromatic N) is 5. The third kappa shape index (κ3) is 3.65. The van der Waals surface area contributed by atoms with Crippen molar-refractivity contribution in [1.82, 2.24) is 24.9 Å². The van der Waals surface area contributed by atoms with E-state index in [4.69, 9.17) is 0 Å². The molecule has 0 fully saturated rings. The van der Waals surface area contributed by atoms with Gasteiger partial charge in [0.25, 0.3) is 12.3 Å². The lowest BCUT2D eigenvalue weighted by atomic mass is 10.3. The monoisotopic (exact) mass is 371 g/mol. The SMILES string of the molecule is CNC(=O)c1nn(C)cc1NC(=O)Cn1nc(C(F)F)c([N+](=O)[O-])c1C. The molecule has 2 aromatic rings. The zero-order chi connectivity index (χ0) is 19.6. The van der Waals surface area contributed by atoms with E-state index >= 15 is 0 Å². The maximum Gasteiger partial charge on any atom is 0.319 e. The second-order valence-electron chi connectivity index (χ2n) is 5.23. The number of carbonyl (C=O) groups excluding carboxylic acids is 2. The average molecular weight is 371 g/mol. The Kier molecular flexibility index (Phi) is 5.28. The number of amides is 2. The van der Waals surface area contributed by atoms with Gasteiger partial charge in [0.1, 0.15) is 12.2 Å². The molecule has 2 rings (SSSR count). The number of halogens is 2. The summed E-state index contributed by atoms with van der Waals surface area (Å²) in [5.74, 6) is -1.25. The van der Waals surface area contributed by atoms with Gasteiger partial charge in [0.2, 0.25) is 11.6 Å². The third-order valence-corrected chi connectivity index (χ3v) is 3.43. The van der Waals surface area contributed by atoms with Crippen molar-refractivity contribution in [3.05, 3.63) is 33.4 Å². The quantitative estimate of drug-likeness (QED) is 0.568. The molecule has 0 aliphatic heterocycles. The minimum Gasteiger partial charge on any atom is -0.354 e. The highest BCUT2D eigenvalue weighted by molar-refractivity contribution is 6.02. The first-order chi connectivity index (χ1) is 12.1. The molecule has 2 aromatic heterocycles.